The van der Waals surface area contributed by atoms with E-state index in [0.29, 0.717) is 4.99 Å². The first-order valence-electron chi connectivity index (χ1n) is 4.75. The molecule has 0 saturated carbocycles. The van der Waals surface area contributed by atoms with Crippen LogP contribution < -0.4 is 10.2 Å². The summed E-state index contributed by atoms with van der Waals surface area (Å²) in [6, 6.07) is 7.80. The lowest BCUT2D eigenvalue weighted by atomic mass is 10.0. The highest BCUT2D eigenvalue weighted by molar-refractivity contribution is 7.80. The number of nitrogens with zero attached hydrogens (tertiary/aromatic N) is 1. The summed E-state index contributed by atoms with van der Waals surface area (Å²) in [5.41, 5.74) is 2.01. The molecule has 0 fully saturated rings. The lowest BCUT2D eigenvalue weighted by Crippen LogP contribution is -2.32. The summed E-state index contributed by atoms with van der Waals surface area (Å²) in [6.45, 7) is 0. The largest absolute Gasteiger partial charge is 0.358 e. The van der Waals surface area contributed by atoms with Crippen molar-refractivity contribution in [2.45, 2.75) is 5.92 Å². The van der Waals surface area contributed by atoms with Gasteiger partial charge in [0.2, 0.25) is 5.91 Å². The molecule has 1 heterocycles. The van der Waals surface area contributed by atoms with Crippen LogP contribution in [0, 0.1) is 0 Å². The minimum atomic E-state index is -0.314. The molecule has 0 aliphatic carbocycles. The van der Waals surface area contributed by atoms with Crippen LogP contribution in [-0.4, -0.2) is 25.0 Å². The van der Waals surface area contributed by atoms with E-state index in [0.717, 1.165) is 11.3 Å². The fourth-order valence-corrected chi connectivity index (χ4v) is 2.21. The summed E-state index contributed by atoms with van der Waals surface area (Å²) < 4.78 is 0. The first kappa shape index (κ1) is 10.1. The van der Waals surface area contributed by atoms with Crippen LogP contribution in [0.1, 0.15) is 11.5 Å². The molecule has 1 amide bonds. The number of hydrogen-bond acceptors (Lipinski definition) is 2. The summed E-state index contributed by atoms with van der Waals surface area (Å²) in [5, 5.41) is 2.65. The predicted octanol–water partition coefficient (Wildman–Crippen LogP) is 1.29. The maximum absolute atomic E-state index is 11.7. The highest BCUT2D eigenvalue weighted by atomic mass is 32.1. The maximum Gasteiger partial charge on any atom is 0.234 e. The van der Waals surface area contributed by atoms with Gasteiger partial charge in [-0.05, 0) is 11.6 Å². The molecule has 1 N–H and O–H groups in total. The third kappa shape index (κ3) is 1.41. The second-order valence-corrected chi connectivity index (χ2v) is 3.92. The SMILES string of the molecule is CNC(=O)C1C(=S)N(C)c2ccccc21. The molecular formula is C11H12N2OS. The molecule has 1 aromatic carbocycles. The van der Waals surface area contributed by atoms with E-state index in [1.807, 2.05) is 36.2 Å². The Morgan fingerprint density at radius 3 is 2.80 bits per heavy atom. The van der Waals surface area contributed by atoms with Gasteiger partial charge in [0.1, 0.15) is 5.92 Å². The molecule has 3 nitrogen and oxygen atoms in total. The Morgan fingerprint density at radius 1 is 1.47 bits per heavy atom. The average molecular weight is 220 g/mol. The van der Waals surface area contributed by atoms with Gasteiger partial charge in [0.05, 0.1) is 4.99 Å². The Labute approximate surface area is 94.1 Å². The summed E-state index contributed by atoms with van der Waals surface area (Å²) >= 11 is 5.28. The van der Waals surface area contributed by atoms with Crippen molar-refractivity contribution in [1.29, 1.82) is 0 Å². The molecule has 1 aromatic rings. The van der Waals surface area contributed by atoms with E-state index < -0.39 is 0 Å². The van der Waals surface area contributed by atoms with Crippen molar-refractivity contribution in [2.75, 3.05) is 19.0 Å². The number of thiocarbonyl (C=S) groups is 1. The number of fused-ring (bicyclic) bond motifs is 1. The number of rotatable bonds is 1. The number of hydrogen-bond donors (Lipinski definition) is 1. The maximum atomic E-state index is 11.7. The van der Waals surface area contributed by atoms with Crippen LogP contribution in [0.2, 0.25) is 0 Å². The molecule has 2 rings (SSSR count). The smallest absolute Gasteiger partial charge is 0.234 e. The molecule has 4 heteroatoms. The van der Waals surface area contributed by atoms with Crippen LogP contribution in [0.15, 0.2) is 24.3 Å². The van der Waals surface area contributed by atoms with Crippen LogP contribution in [0.25, 0.3) is 0 Å². The number of amides is 1. The van der Waals surface area contributed by atoms with E-state index in [-0.39, 0.29) is 11.8 Å². The Kier molecular flexibility index (Phi) is 2.44. The van der Waals surface area contributed by atoms with Crippen molar-refractivity contribution < 1.29 is 4.79 Å². The van der Waals surface area contributed by atoms with Gasteiger partial charge in [0, 0.05) is 19.8 Å². The molecule has 0 spiro atoms. The van der Waals surface area contributed by atoms with Crippen molar-refractivity contribution in [3.05, 3.63) is 29.8 Å². The molecule has 1 aliphatic rings. The average Bonchev–Trinajstić information content (AvgIpc) is 2.52. The number of likely N-dealkylation sites (N-methyl/N-ethyl adjacent to an activating group) is 2. The van der Waals surface area contributed by atoms with Gasteiger partial charge >= 0.3 is 0 Å². The minimum Gasteiger partial charge on any atom is -0.358 e. The second kappa shape index (κ2) is 3.62. The Morgan fingerprint density at radius 2 is 2.13 bits per heavy atom. The van der Waals surface area contributed by atoms with Crippen molar-refractivity contribution in [2.24, 2.45) is 0 Å². The molecular weight excluding hydrogens is 208 g/mol. The monoisotopic (exact) mass is 220 g/mol. The first-order valence-corrected chi connectivity index (χ1v) is 5.15. The van der Waals surface area contributed by atoms with E-state index in [1.54, 1.807) is 7.05 Å². The Bertz CT molecular complexity index is 430. The van der Waals surface area contributed by atoms with Crippen molar-refractivity contribution in [1.82, 2.24) is 5.32 Å². The van der Waals surface area contributed by atoms with Gasteiger partial charge in [0.25, 0.3) is 0 Å². The normalized spacial score (nSPS) is 18.9. The van der Waals surface area contributed by atoms with Gasteiger partial charge < -0.3 is 10.2 Å². The number of carbonyl (C=O) groups is 1. The molecule has 0 bridgehead atoms. The van der Waals surface area contributed by atoms with Gasteiger partial charge in [-0.1, -0.05) is 30.4 Å². The Balaban J connectivity index is 2.51. The molecule has 0 saturated heterocycles. The quantitative estimate of drug-likeness (QED) is 0.724. The van der Waals surface area contributed by atoms with Gasteiger partial charge in [-0.3, -0.25) is 4.79 Å². The standard InChI is InChI=1S/C11H12N2OS/c1-12-10(14)9-7-5-3-4-6-8(7)13(2)11(9)15/h3-6,9H,1-2H3,(H,12,14). The Hall–Kier alpha value is -1.42. The van der Waals surface area contributed by atoms with E-state index in [1.165, 1.54) is 0 Å². The van der Waals surface area contributed by atoms with E-state index >= 15 is 0 Å². The van der Waals surface area contributed by atoms with Gasteiger partial charge in [-0.15, -0.1) is 0 Å². The zero-order valence-electron chi connectivity index (χ0n) is 8.65. The van der Waals surface area contributed by atoms with Crippen molar-refractivity contribution in [3.8, 4) is 0 Å². The minimum absolute atomic E-state index is 0.0446. The van der Waals surface area contributed by atoms with Crippen LogP contribution in [0.5, 0.6) is 0 Å². The number of carbonyl (C=O) groups excluding carboxylic acids is 1. The first-order chi connectivity index (χ1) is 7.16. The van der Waals surface area contributed by atoms with Crippen molar-refractivity contribution >= 4 is 28.8 Å². The highest BCUT2D eigenvalue weighted by Crippen LogP contribution is 2.36. The number of benzene rings is 1. The number of para-hydroxylation sites is 1. The van der Waals surface area contributed by atoms with Crippen LogP contribution in [0.4, 0.5) is 5.69 Å². The third-order valence-corrected chi connectivity index (χ3v) is 3.20. The molecule has 78 valence electrons. The highest BCUT2D eigenvalue weighted by Gasteiger charge is 2.35. The summed E-state index contributed by atoms with van der Waals surface area (Å²) in [7, 11) is 3.52. The fourth-order valence-electron chi connectivity index (χ4n) is 1.88. The summed E-state index contributed by atoms with van der Waals surface area (Å²) in [6.07, 6.45) is 0. The fraction of sp³-hybridized carbons (Fsp3) is 0.273. The van der Waals surface area contributed by atoms with E-state index in [4.69, 9.17) is 12.2 Å². The lowest BCUT2D eigenvalue weighted by molar-refractivity contribution is -0.120. The number of anilines is 1. The topological polar surface area (TPSA) is 32.3 Å². The summed E-state index contributed by atoms with van der Waals surface area (Å²) in [5.74, 6) is -0.358. The zero-order chi connectivity index (χ0) is 11.0. The molecule has 0 aromatic heterocycles. The third-order valence-electron chi connectivity index (χ3n) is 2.70. The lowest BCUT2D eigenvalue weighted by Gasteiger charge is -2.13. The van der Waals surface area contributed by atoms with Gasteiger partial charge in [0.15, 0.2) is 0 Å². The van der Waals surface area contributed by atoms with E-state index in [9.17, 15) is 4.79 Å². The van der Waals surface area contributed by atoms with Gasteiger partial charge in [-0.25, -0.2) is 0 Å². The molecule has 1 atom stereocenters. The molecule has 1 aliphatic heterocycles. The van der Waals surface area contributed by atoms with Crippen LogP contribution in [-0.2, 0) is 4.79 Å². The molecule has 0 radical (unpaired) electrons. The second-order valence-electron chi connectivity index (χ2n) is 3.50. The molecule has 15 heavy (non-hydrogen) atoms. The summed E-state index contributed by atoms with van der Waals surface area (Å²) in [4.78, 5) is 14.3. The van der Waals surface area contributed by atoms with E-state index in [2.05, 4.69) is 5.32 Å². The van der Waals surface area contributed by atoms with Crippen LogP contribution in [0.3, 0.4) is 0 Å². The number of nitrogens with one attached hydrogen (secondary N) is 1. The van der Waals surface area contributed by atoms with Gasteiger partial charge in [-0.2, -0.15) is 0 Å². The zero-order valence-corrected chi connectivity index (χ0v) is 9.47. The van der Waals surface area contributed by atoms with Crippen molar-refractivity contribution in [3.63, 3.8) is 0 Å². The molecule has 1 unspecified atom stereocenters. The van der Waals surface area contributed by atoms with Crippen LogP contribution >= 0.6 is 12.2 Å². The predicted molar refractivity (Wildman–Crippen MR) is 64.3 cm³/mol.